The van der Waals surface area contributed by atoms with Crippen molar-refractivity contribution in [1.29, 1.82) is 0 Å². The molecule has 0 unspecified atom stereocenters. The Morgan fingerprint density at radius 3 is 1.45 bits per heavy atom. The number of carbonyl (C=O) groups excluding carboxylic acids is 2. The van der Waals surface area contributed by atoms with Gasteiger partial charge in [-0.1, -0.05) is 72.8 Å². The van der Waals surface area contributed by atoms with Crippen LogP contribution in [-0.2, 0) is 9.59 Å². The van der Waals surface area contributed by atoms with Crippen molar-refractivity contribution in [3.63, 3.8) is 0 Å². The van der Waals surface area contributed by atoms with Crippen molar-refractivity contribution in [3.05, 3.63) is 84.9 Å². The highest BCUT2D eigenvalue weighted by atomic mass is 16.2. The van der Waals surface area contributed by atoms with Crippen molar-refractivity contribution in [3.8, 4) is 0 Å². The maximum atomic E-state index is 12.3. The summed E-state index contributed by atoms with van der Waals surface area (Å²) in [6.45, 7) is 0. The van der Waals surface area contributed by atoms with E-state index in [4.69, 9.17) is 0 Å². The van der Waals surface area contributed by atoms with Gasteiger partial charge in [-0.3, -0.25) is 9.59 Å². The molecule has 2 amide bonds. The van der Waals surface area contributed by atoms with Crippen LogP contribution in [0.25, 0.3) is 21.5 Å². The monoisotopic (exact) mass is 382 g/mol. The smallest absolute Gasteiger partial charge is 0.224 e. The Hall–Kier alpha value is -3.66. The summed E-state index contributed by atoms with van der Waals surface area (Å²) in [5.41, 5.74) is 1.60. The number of amides is 2. The predicted molar refractivity (Wildman–Crippen MR) is 119 cm³/mol. The second-order valence-corrected chi connectivity index (χ2v) is 7.00. The summed E-state index contributed by atoms with van der Waals surface area (Å²) in [5.74, 6) is -0.168. The fourth-order valence-corrected chi connectivity index (χ4v) is 3.50. The lowest BCUT2D eigenvalue weighted by Gasteiger charge is -2.10. The molecule has 2 N–H and O–H groups in total. The third-order valence-electron chi connectivity index (χ3n) is 4.94. The zero-order valence-corrected chi connectivity index (χ0v) is 16.0. The molecule has 0 fully saturated rings. The highest BCUT2D eigenvalue weighted by Gasteiger charge is 2.09. The maximum absolute atomic E-state index is 12.3. The average molecular weight is 382 g/mol. The number of hydrogen-bond donors (Lipinski definition) is 2. The van der Waals surface area contributed by atoms with E-state index >= 15 is 0 Å². The van der Waals surface area contributed by atoms with E-state index in [9.17, 15) is 9.59 Å². The maximum Gasteiger partial charge on any atom is 0.224 e. The van der Waals surface area contributed by atoms with Crippen molar-refractivity contribution in [1.82, 2.24) is 0 Å². The summed E-state index contributed by atoms with van der Waals surface area (Å²) in [6, 6.07) is 27.5. The Bertz CT molecular complexity index is 1080. The summed E-state index contributed by atoms with van der Waals surface area (Å²) in [7, 11) is 0. The van der Waals surface area contributed by atoms with Gasteiger partial charge in [0.05, 0.1) is 0 Å². The van der Waals surface area contributed by atoms with Crippen molar-refractivity contribution >= 4 is 44.7 Å². The molecular formula is C25H22N2O2. The lowest BCUT2D eigenvalue weighted by atomic mass is 10.1. The summed E-state index contributed by atoms with van der Waals surface area (Å²) in [5, 5.41) is 10.1. The molecular weight excluding hydrogens is 360 g/mol. The van der Waals surface area contributed by atoms with Crippen LogP contribution in [0.15, 0.2) is 84.9 Å². The third kappa shape index (κ3) is 4.43. The molecule has 0 bridgehead atoms. The highest BCUT2D eigenvalue weighted by molar-refractivity contribution is 6.03. The molecule has 0 aliphatic heterocycles. The second kappa shape index (κ2) is 8.57. The quantitative estimate of drug-likeness (QED) is 0.447. The van der Waals surface area contributed by atoms with E-state index in [1.165, 1.54) is 0 Å². The third-order valence-corrected chi connectivity index (χ3v) is 4.94. The fourth-order valence-electron chi connectivity index (χ4n) is 3.50. The minimum absolute atomic E-state index is 0.0840. The van der Waals surface area contributed by atoms with Crippen LogP contribution in [-0.4, -0.2) is 11.8 Å². The number of carbonyl (C=O) groups is 2. The van der Waals surface area contributed by atoms with E-state index in [0.29, 0.717) is 19.3 Å². The van der Waals surface area contributed by atoms with E-state index in [0.717, 1.165) is 32.9 Å². The molecule has 0 spiro atoms. The molecule has 4 aromatic carbocycles. The van der Waals surface area contributed by atoms with Gasteiger partial charge in [-0.05, 0) is 29.3 Å². The molecule has 4 rings (SSSR count). The van der Waals surface area contributed by atoms with Gasteiger partial charge in [0.25, 0.3) is 0 Å². The van der Waals surface area contributed by atoms with Crippen LogP contribution in [0, 0.1) is 0 Å². The zero-order chi connectivity index (χ0) is 20.1. The number of nitrogens with one attached hydrogen (secondary N) is 2. The number of hydrogen-bond acceptors (Lipinski definition) is 2. The molecule has 0 saturated carbocycles. The number of benzene rings is 4. The van der Waals surface area contributed by atoms with E-state index in [2.05, 4.69) is 10.6 Å². The van der Waals surface area contributed by atoms with Gasteiger partial charge < -0.3 is 10.6 Å². The summed E-state index contributed by atoms with van der Waals surface area (Å²) in [4.78, 5) is 24.7. The van der Waals surface area contributed by atoms with E-state index in [-0.39, 0.29) is 11.8 Å². The molecule has 0 heterocycles. The average Bonchev–Trinajstić information content (AvgIpc) is 2.74. The Balaban J connectivity index is 1.31. The van der Waals surface area contributed by atoms with Gasteiger partial charge in [-0.15, -0.1) is 0 Å². The molecule has 4 heteroatoms. The summed E-state index contributed by atoms with van der Waals surface area (Å²) < 4.78 is 0. The van der Waals surface area contributed by atoms with Crippen LogP contribution in [0.3, 0.4) is 0 Å². The molecule has 0 radical (unpaired) electrons. The van der Waals surface area contributed by atoms with Crippen molar-refractivity contribution in [2.75, 3.05) is 10.6 Å². The molecule has 4 aromatic rings. The van der Waals surface area contributed by atoms with Gasteiger partial charge in [0, 0.05) is 35.0 Å². The van der Waals surface area contributed by atoms with Gasteiger partial charge in [-0.25, -0.2) is 0 Å². The second-order valence-electron chi connectivity index (χ2n) is 7.00. The summed E-state index contributed by atoms with van der Waals surface area (Å²) >= 11 is 0. The standard InChI is InChI=1S/C25H22N2O2/c28-24(26-22-14-5-10-18-8-1-3-12-20(18)22)16-7-17-25(29)27-23-15-6-11-19-9-2-4-13-21(19)23/h1-6,8-15H,7,16-17H2,(H,26,28)(H,27,29). The van der Waals surface area contributed by atoms with Crippen LogP contribution in [0.2, 0.25) is 0 Å². The number of anilines is 2. The van der Waals surface area contributed by atoms with Crippen molar-refractivity contribution in [2.45, 2.75) is 19.3 Å². The van der Waals surface area contributed by atoms with Crippen molar-refractivity contribution in [2.24, 2.45) is 0 Å². The van der Waals surface area contributed by atoms with Gasteiger partial charge >= 0.3 is 0 Å². The SMILES string of the molecule is O=C(CCCC(=O)Nc1cccc2ccccc12)Nc1cccc2ccccc12. The van der Waals surface area contributed by atoms with Gasteiger partial charge in [0.15, 0.2) is 0 Å². The van der Waals surface area contributed by atoms with Crippen LogP contribution in [0.5, 0.6) is 0 Å². The lowest BCUT2D eigenvalue weighted by molar-refractivity contribution is -0.117. The fraction of sp³-hybridized carbons (Fsp3) is 0.120. The minimum Gasteiger partial charge on any atom is -0.326 e. The predicted octanol–water partition coefficient (Wildman–Crippen LogP) is 5.74. The first-order chi connectivity index (χ1) is 14.2. The molecule has 0 aliphatic rings. The van der Waals surface area contributed by atoms with Gasteiger partial charge in [0.2, 0.25) is 11.8 Å². The molecule has 144 valence electrons. The van der Waals surface area contributed by atoms with Crippen LogP contribution in [0.4, 0.5) is 11.4 Å². The topological polar surface area (TPSA) is 58.2 Å². The zero-order valence-electron chi connectivity index (χ0n) is 16.0. The Morgan fingerprint density at radius 1 is 0.552 bits per heavy atom. The van der Waals surface area contributed by atoms with E-state index < -0.39 is 0 Å². The Kier molecular flexibility index (Phi) is 5.52. The number of fused-ring (bicyclic) bond motifs is 2. The Morgan fingerprint density at radius 2 is 0.966 bits per heavy atom. The normalized spacial score (nSPS) is 10.8. The number of rotatable bonds is 6. The summed E-state index contributed by atoms with van der Waals surface area (Å²) in [6.07, 6.45) is 1.09. The first-order valence-electron chi connectivity index (χ1n) is 9.76. The highest BCUT2D eigenvalue weighted by Crippen LogP contribution is 2.24. The van der Waals surface area contributed by atoms with Gasteiger partial charge in [-0.2, -0.15) is 0 Å². The van der Waals surface area contributed by atoms with Crippen LogP contribution < -0.4 is 10.6 Å². The van der Waals surface area contributed by atoms with Gasteiger partial charge in [0.1, 0.15) is 0 Å². The van der Waals surface area contributed by atoms with Crippen LogP contribution >= 0.6 is 0 Å². The first kappa shape index (κ1) is 18.7. The molecule has 0 aromatic heterocycles. The Labute approximate surface area is 169 Å². The largest absolute Gasteiger partial charge is 0.326 e. The molecule has 4 nitrogen and oxygen atoms in total. The van der Waals surface area contributed by atoms with E-state index in [1.54, 1.807) is 0 Å². The first-order valence-corrected chi connectivity index (χ1v) is 9.76. The van der Waals surface area contributed by atoms with Crippen molar-refractivity contribution < 1.29 is 9.59 Å². The molecule has 0 atom stereocenters. The molecule has 0 saturated heterocycles. The lowest BCUT2D eigenvalue weighted by Crippen LogP contribution is -2.15. The molecule has 0 aliphatic carbocycles. The molecule has 29 heavy (non-hydrogen) atoms. The minimum atomic E-state index is -0.0840. The van der Waals surface area contributed by atoms with Crippen LogP contribution in [0.1, 0.15) is 19.3 Å². The van der Waals surface area contributed by atoms with E-state index in [1.807, 2.05) is 84.9 Å².